The number of halogens is 2. The molecule has 3 aromatic rings. The number of hydrogen-bond acceptors (Lipinski definition) is 11. The molecule has 2 aliphatic rings. The topological polar surface area (TPSA) is 138 Å². The average molecular weight is 728 g/mol. The number of carbonyl (C=O) groups excluding carboxylic acids is 1. The van der Waals surface area contributed by atoms with E-state index in [0.717, 1.165) is 26.2 Å². The molecule has 0 radical (unpaired) electrons. The fourth-order valence-corrected chi connectivity index (χ4v) is 7.17. The van der Waals surface area contributed by atoms with E-state index in [-0.39, 0.29) is 57.5 Å². The Morgan fingerprint density at radius 3 is 2.30 bits per heavy atom. The number of carbonyl (C=O) groups is 1. The smallest absolute Gasteiger partial charge is 0.264 e. The lowest BCUT2D eigenvalue weighted by Gasteiger charge is -2.42. The Kier molecular flexibility index (Phi) is 11.9. The largest absolute Gasteiger partial charge is 0.495 e. The molecule has 2 aromatic heterocycles. The van der Waals surface area contributed by atoms with Crippen LogP contribution in [0.1, 0.15) is 26.7 Å². The third-order valence-electron chi connectivity index (χ3n) is 9.46. The van der Waals surface area contributed by atoms with E-state index >= 15 is 0 Å². The number of likely N-dealkylation sites (N-methyl/N-ethyl adjacent to an activating group) is 1. The van der Waals surface area contributed by atoms with Crippen molar-refractivity contribution in [3.05, 3.63) is 50.4 Å². The standard InChI is InChI=1S/C35H44Cl2N8O5/c1-35(2,44-13-11-42(4)12-14-44)19-23(20-38)32(46)43-9-7-24(8-10-43)50-16-15-45-31-22(21-40-34(39-3)41-31)17-25(33(45)47)28-29(36)26(48-5)18-27(49-6)30(28)37/h17-19,21,24H,7-16H2,1-6H3,(H,39,40,41). The van der Waals surface area contributed by atoms with Gasteiger partial charge in [-0.05, 0) is 45.9 Å². The first-order valence-electron chi connectivity index (χ1n) is 16.6. The number of methoxy groups -OCH3 is 2. The maximum atomic E-state index is 14.1. The van der Waals surface area contributed by atoms with Gasteiger partial charge in [0.05, 0.1) is 49.1 Å². The summed E-state index contributed by atoms with van der Waals surface area (Å²) in [5.74, 6) is 0.711. The van der Waals surface area contributed by atoms with Gasteiger partial charge in [-0.3, -0.25) is 19.1 Å². The van der Waals surface area contributed by atoms with Crippen molar-refractivity contribution in [2.45, 2.75) is 44.9 Å². The minimum atomic E-state index is -0.419. The Hall–Kier alpha value is -3.93. The number of likely N-dealkylation sites (tertiary alicyclic amines) is 1. The highest BCUT2D eigenvalue weighted by atomic mass is 35.5. The average Bonchev–Trinajstić information content (AvgIpc) is 3.12. The van der Waals surface area contributed by atoms with Gasteiger partial charge in [0, 0.05) is 75.1 Å². The van der Waals surface area contributed by atoms with Gasteiger partial charge in [-0.2, -0.15) is 10.2 Å². The van der Waals surface area contributed by atoms with Crippen molar-refractivity contribution >= 4 is 46.1 Å². The first-order valence-corrected chi connectivity index (χ1v) is 17.3. The molecule has 0 saturated carbocycles. The predicted octanol–water partition coefficient (Wildman–Crippen LogP) is 4.31. The van der Waals surface area contributed by atoms with Crippen molar-refractivity contribution < 1.29 is 19.0 Å². The number of amides is 1. The quantitative estimate of drug-likeness (QED) is 0.224. The van der Waals surface area contributed by atoms with Crippen LogP contribution >= 0.6 is 23.2 Å². The Morgan fingerprint density at radius 1 is 1.08 bits per heavy atom. The second-order valence-electron chi connectivity index (χ2n) is 13.0. The molecule has 268 valence electrons. The molecule has 0 aliphatic carbocycles. The summed E-state index contributed by atoms with van der Waals surface area (Å²) in [4.78, 5) is 42.8. The van der Waals surface area contributed by atoms with Gasteiger partial charge in [0.25, 0.3) is 11.5 Å². The zero-order valence-corrected chi connectivity index (χ0v) is 30.9. The number of hydrogen-bond donors (Lipinski definition) is 1. The van der Waals surface area contributed by atoms with Gasteiger partial charge in [-0.25, -0.2) is 4.98 Å². The second-order valence-corrected chi connectivity index (χ2v) is 13.8. The molecule has 2 fully saturated rings. The number of ether oxygens (including phenoxy) is 3. The molecule has 0 bridgehead atoms. The van der Waals surface area contributed by atoms with Gasteiger partial charge in [-0.1, -0.05) is 23.2 Å². The van der Waals surface area contributed by atoms with E-state index in [9.17, 15) is 14.9 Å². The number of anilines is 1. The summed E-state index contributed by atoms with van der Waals surface area (Å²) in [5.41, 5.74) is 0.289. The number of nitrogens with one attached hydrogen (secondary N) is 1. The van der Waals surface area contributed by atoms with Crippen LogP contribution in [0.5, 0.6) is 11.5 Å². The Labute approximate surface area is 302 Å². The van der Waals surface area contributed by atoms with E-state index < -0.39 is 5.54 Å². The SMILES string of the molecule is CNc1ncc2cc(-c3c(Cl)c(OC)cc(OC)c3Cl)c(=O)n(CCOC3CCN(C(=O)C(C#N)=CC(C)(C)N4CCN(C)CC4)CC3)c2n1. The summed E-state index contributed by atoms with van der Waals surface area (Å²) in [6.07, 6.45) is 4.50. The predicted molar refractivity (Wildman–Crippen MR) is 194 cm³/mol. The number of nitrogens with zero attached hydrogens (tertiary/aromatic N) is 7. The van der Waals surface area contributed by atoms with Crippen molar-refractivity contribution in [1.29, 1.82) is 5.26 Å². The van der Waals surface area contributed by atoms with Gasteiger partial charge < -0.3 is 29.3 Å². The van der Waals surface area contributed by atoms with Gasteiger partial charge in [0.15, 0.2) is 0 Å². The minimum Gasteiger partial charge on any atom is -0.495 e. The fourth-order valence-electron chi connectivity index (χ4n) is 6.46. The molecule has 1 amide bonds. The number of rotatable bonds is 11. The van der Waals surface area contributed by atoms with Crippen LogP contribution in [-0.4, -0.2) is 121 Å². The number of fused-ring (bicyclic) bond motifs is 1. The number of pyridine rings is 1. The van der Waals surface area contributed by atoms with E-state index in [4.69, 9.17) is 37.4 Å². The molecule has 1 aromatic carbocycles. The summed E-state index contributed by atoms with van der Waals surface area (Å²) in [6.45, 7) is 9.07. The van der Waals surface area contributed by atoms with E-state index in [0.29, 0.717) is 54.4 Å². The first kappa shape index (κ1) is 37.3. The first-order chi connectivity index (χ1) is 23.9. The molecule has 0 unspecified atom stereocenters. The zero-order valence-electron chi connectivity index (χ0n) is 29.4. The molecule has 1 N–H and O–H groups in total. The lowest BCUT2D eigenvalue weighted by molar-refractivity contribution is -0.129. The van der Waals surface area contributed by atoms with Crippen LogP contribution in [-0.2, 0) is 16.1 Å². The summed E-state index contributed by atoms with van der Waals surface area (Å²) < 4.78 is 18.7. The van der Waals surface area contributed by atoms with Crippen LogP contribution in [0.3, 0.4) is 0 Å². The van der Waals surface area contributed by atoms with Crippen LogP contribution in [0.4, 0.5) is 5.95 Å². The molecule has 0 atom stereocenters. The Balaban J connectivity index is 1.30. The second kappa shape index (κ2) is 16.0. The minimum absolute atomic E-state index is 0.130. The third-order valence-corrected chi connectivity index (χ3v) is 10.2. The number of aromatic nitrogens is 3. The van der Waals surface area contributed by atoms with Crippen LogP contribution in [0.25, 0.3) is 22.2 Å². The molecule has 0 spiro atoms. The summed E-state index contributed by atoms with van der Waals surface area (Å²) >= 11 is 13.4. The summed E-state index contributed by atoms with van der Waals surface area (Å²) in [5, 5.41) is 13.8. The highest BCUT2D eigenvalue weighted by molar-refractivity contribution is 6.41. The maximum Gasteiger partial charge on any atom is 0.264 e. The lowest BCUT2D eigenvalue weighted by Crippen LogP contribution is -2.53. The molecule has 2 saturated heterocycles. The van der Waals surface area contributed by atoms with Crippen LogP contribution in [0.2, 0.25) is 10.0 Å². The third kappa shape index (κ3) is 7.85. The van der Waals surface area contributed by atoms with Crippen LogP contribution in [0, 0.1) is 11.3 Å². The van der Waals surface area contributed by atoms with Gasteiger partial charge in [0.2, 0.25) is 5.95 Å². The molecule has 2 aliphatic heterocycles. The van der Waals surface area contributed by atoms with E-state index in [2.05, 4.69) is 52.0 Å². The van der Waals surface area contributed by atoms with Crippen LogP contribution in [0.15, 0.2) is 34.8 Å². The molecule has 4 heterocycles. The van der Waals surface area contributed by atoms with E-state index in [1.165, 1.54) is 18.8 Å². The van der Waals surface area contributed by atoms with Crippen molar-refractivity contribution in [3.63, 3.8) is 0 Å². The van der Waals surface area contributed by atoms with Gasteiger partial charge >= 0.3 is 0 Å². The monoisotopic (exact) mass is 726 g/mol. The van der Waals surface area contributed by atoms with E-state index in [1.807, 2.05) is 6.08 Å². The molecule has 13 nitrogen and oxygen atoms in total. The molecule has 50 heavy (non-hydrogen) atoms. The van der Waals surface area contributed by atoms with Crippen molar-refractivity contribution in [2.24, 2.45) is 0 Å². The molecule has 5 rings (SSSR count). The zero-order chi connectivity index (χ0) is 36.2. The maximum absolute atomic E-state index is 14.1. The highest BCUT2D eigenvalue weighted by Gasteiger charge is 2.31. The molecular formula is C35H44Cl2N8O5. The Bertz CT molecular complexity index is 1830. The summed E-state index contributed by atoms with van der Waals surface area (Å²) in [6, 6.07) is 5.38. The highest BCUT2D eigenvalue weighted by Crippen LogP contribution is 2.45. The number of benzene rings is 1. The summed E-state index contributed by atoms with van der Waals surface area (Å²) in [7, 11) is 6.73. The van der Waals surface area contributed by atoms with Crippen LogP contribution < -0.4 is 20.3 Å². The number of piperazine rings is 1. The lowest BCUT2D eigenvalue weighted by atomic mass is 9.97. The van der Waals surface area contributed by atoms with Crippen molar-refractivity contribution in [2.75, 3.05) is 79.5 Å². The van der Waals surface area contributed by atoms with Gasteiger partial charge in [-0.15, -0.1) is 0 Å². The molecule has 15 heteroatoms. The van der Waals surface area contributed by atoms with E-state index in [1.54, 1.807) is 30.3 Å². The van der Waals surface area contributed by atoms with Gasteiger partial charge in [0.1, 0.15) is 28.8 Å². The Morgan fingerprint density at radius 2 is 1.72 bits per heavy atom. The normalized spacial score (nSPS) is 16.8. The fraction of sp³-hybridized carbons (Fsp3) is 0.514. The number of nitriles is 1. The number of piperidine rings is 1. The van der Waals surface area contributed by atoms with Crippen molar-refractivity contribution in [3.8, 4) is 28.7 Å². The van der Waals surface area contributed by atoms with Crippen molar-refractivity contribution in [1.82, 2.24) is 29.2 Å². The molecular weight excluding hydrogens is 683 g/mol.